The summed E-state index contributed by atoms with van der Waals surface area (Å²) in [5.74, 6) is 0.705. The van der Waals surface area contributed by atoms with Gasteiger partial charge in [0, 0.05) is 30.5 Å². The van der Waals surface area contributed by atoms with Crippen LogP contribution in [0.1, 0.15) is 26.7 Å². The van der Waals surface area contributed by atoms with Crippen molar-refractivity contribution in [2.75, 3.05) is 30.8 Å². The maximum Gasteiger partial charge on any atom is 0.321 e. The molecule has 30 heavy (non-hydrogen) atoms. The number of benzene rings is 2. The summed E-state index contributed by atoms with van der Waals surface area (Å²) in [7, 11) is 1.62. The number of methoxy groups -OCH3 is 1. The Bertz CT molecular complexity index is 845. The lowest BCUT2D eigenvalue weighted by Gasteiger charge is -2.34. The predicted octanol–water partition coefficient (Wildman–Crippen LogP) is 3.70. The molecule has 2 aromatic rings. The number of ether oxygens (including phenoxy) is 1. The largest absolute Gasteiger partial charge is 0.497 e. The molecule has 3 amide bonds. The molecular formula is C23H30N4O3. The summed E-state index contributed by atoms with van der Waals surface area (Å²) in [6, 6.07) is 16.8. The number of carbonyl (C=O) groups excluding carboxylic acids is 2. The summed E-state index contributed by atoms with van der Waals surface area (Å²) in [5, 5.41) is 9.31. The summed E-state index contributed by atoms with van der Waals surface area (Å²) >= 11 is 0. The molecule has 0 saturated carbocycles. The molecule has 0 spiro atoms. The van der Waals surface area contributed by atoms with Gasteiger partial charge in [0.15, 0.2) is 0 Å². The van der Waals surface area contributed by atoms with E-state index < -0.39 is 5.54 Å². The zero-order valence-electron chi connectivity index (χ0n) is 17.8. The number of hydrogen-bond acceptors (Lipinski definition) is 4. The molecule has 1 saturated heterocycles. The number of likely N-dealkylation sites (tertiary alicyclic amines) is 1. The van der Waals surface area contributed by atoms with Gasteiger partial charge in [0.05, 0.1) is 7.11 Å². The average Bonchev–Trinajstić information content (AvgIpc) is 2.75. The number of anilines is 2. The van der Waals surface area contributed by atoms with E-state index in [4.69, 9.17) is 4.74 Å². The van der Waals surface area contributed by atoms with E-state index in [0.29, 0.717) is 13.1 Å². The third-order valence-corrected chi connectivity index (χ3v) is 5.26. The van der Waals surface area contributed by atoms with Gasteiger partial charge < -0.3 is 25.6 Å². The molecule has 3 rings (SSSR count). The van der Waals surface area contributed by atoms with Crippen LogP contribution >= 0.6 is 0 Å². The molecule has 2 aromatic carbocycles. The Labute approximate surface area is 177 Å². The molecule has 3 N–H and O–H groups in total. The summed E-state index contributed by atoms with van der Waals surface area (Å²) in [4.78, 5) is 27.0. The minimum absolute atomic E-state index is 0.0511. The molecule has 1 heterocycles. The monoisotopic (exact) mass is 410 g/mol. The van der Waals surface area contributed by atoms with Crippen molar-refractivity contribution < 1.29 is 14.3 Å². The molecule has 0 aliphatic carbocycles. The fourth-order valence-electron chi connectivity index (χ4n) is 3.41. The van der Waals surface area contributed by atoms with Crippen LogP contribution in [0.15, 0.2) is 54.6 Å². The van der Waals surface area contributed by atoms with E-state index in [1.54, 1.807) is 12.0 Å². The van der Waals surface area contributed by atoms with Crippen LogP contribution in [-0.2, 0) is 4.79 Å². The van der Waals surface area contributed by atoms with E-state index >= 15 is 0 Å². The SMILES string of the molecule is COc1ccc(NC(C)(C)C(=O)NC2CCN(C(=O)Nc3ccccc3)CC2)cc1. The number of carbonyl (C=O) groups is 2. The van der Waals surface area contributed by atoms with E-state index in [1.807, 2.05) is 68.4 Å². The molecule has 1 fully saturated rings. The lowest BCUT2D eigenvalue weighted by molar-refractivity contribution is -0.125. The van der Waals surface area contributed by atoms with Crippen molar-refractivity contribution in [1.29, 1.82) is 0 Å². The Morgan fingerprint density at radius 2 is 1.60 bits per heavy atom. The van der Waals surface area contributed by atoms with Gasteiger partial charge in [-0.3, -0.25) is 4.79 Å². The molecule has 0 bridgehead atoms. The normalized spacial score (nSPS) is 14.7. The van der Waals surface area contributed by atoms with Gasteiger partial charge in [0.2, 0.25) is 5.91 Å². The summed E-state index contributed by atoms with van der Waals surface area (Å²) in [6.07, 6.45) is 1.46. The lowest BCUT2D eigenvalue weighted by Crippen LogP contribution is -2.54. The van der Waals surface area contributed by atoms with Gasteiger partial charge in [0.25, 0.3) is 0 Å². The minimum atomic E-state index is -0.767. The maximum absolute atomic E-state index is 12.8. The van der Waals surface area contributed by atoms with Gasteiger partial charge in [-0.2, -0.15) is 0 Å². The lowest BCUT2D eigenvalue weighted by atomic mass is 10.00. The number of nitrogens with zero attached hydrogens (tertiary/aromatic N) is 1. The molecule has 0 aromatic heterocycles. The fraction of sp³-hybridized carbons (Fsp3) is 0.391. The van der Waals surface area contributed by atoms with Crippen LogP contribution in [0.3, 0.4) is 0 Å². The molecule has 7 nitrogen and oxygen atoms in total. The van der Waals surface area contributed by atoms with Gasteiger partial charge in [-0.05, 0) is 63.1 Å². The number of rotatable bonds is 6. The Morgan fingerprint density at radius 1 is 0.967 bits per heavy atom. The Balaban J connectivity index is 1.47. The summed E-state index contributed by atoms with van der Waals surface area (Å²) in [6.45, 7) is 4.93. The Morgan fingerprint density at radius 3 is 2.20 bits per heavy atom. The van der Waals surface area contributed by atoms with Crippen molar-refractivity contribution in [3.63, 3.8) is 0 Å². The molecular weight excluding hydrogens is 380 g/mol. The van der Waals surface area contributed by atoms with Crippen LogP contribution in [0, 0.1) is 0 Å². The fourth-order valence-corrected chi connectivity index (χ4v) is 3.41. The number of para-hydroxylation sites is 1. The van der Waals surface area contributed by atoms with E-state index in [-0.39, 0.29) is 18.0 Å². The summed E-state index contributed by atoms with van der Waals surface area (Å²) < 4.78 is 5.17. The molecule has 7 heteroatoms. The molecule has 1 aliphatic heterocycles. The number of nitrogens with one attached hydrogen (secondary N) is 3. The van der Waals surface area contributed by atoms with Crippen molar-refractivity contribution in [1.82, 2.24) is 10.2 Å². The third-order valence-electron chi connectivity index (χ3n) is 5.26. The zero-order valence-corrected chi connectivity index (χ0v) is 17.8. The Kier molecular flexibility index (Phi) is 6.82. The van der Waals surface area contributed by atoms with Crippen molar-refractivity contribution in [3.05, 3.63) is 54.6 Å². The van der Waals surface area contributed by atoms with E-state index in [9.17, 15) is 9.59 Å². The quantitative estimate of drug-likeness (QED) is 0.678. The van der Waals surface area contributed by atoms with Crippen LogP contribution in [0.4, 0.5) is 16.2 Å². The third kappa shape index (κ3) is 5.65. The minimum Gasteiger partial charge on any atom is -0.497 e. The molecule has 0 atom stereocenters. The average molecular weight is 411 g/mol. The van der Waals surface area contributed by atoms with Gasteiger partial charge in [0.1, 0.15) is 11.3 Å². The number of urea groups is 1. The second-order valence-electron chi connectivity index (χ2n) is 8.01. The summed E-state index contributed by atoms with van der Waals surface area (Å²) in [5.41, 5.74) is 0.865. The highest BCUT2D eigenvalue weighted by Crippen LogP contribution is 2.20. The highest BCUT2D eigenvalue weighted by atomic mass is 16.5. The second-order valence-corrected chi connectivity index (χ2v) is 8.01. The van der Waals surface area contributed by atoms with Crippen LogP contribution in [0.25, 0.3) is 0 Å². The highest BCUT2D eigenvalue weighted by molar-refractivity contribution is 5.90. The first kappa shape index (κ1) is 21.5. The van der Waals surface area contributed by atoms with Gasteiger partial charge in [-0.15, -0.1) is 0 Å². The predicted molar refractivity (Wildman–Crippen MR) is 119 cm³/mol. The number of piperidine rings is 1. The number of hydrogen-bond donors (Lipinski definition) is 3. The first-order chi connectivity index (χ1) is 14.4. The number of amides is 3. The molecule has 0 radical (unpaired) electrons. The smallest absolute Gasteiger partial charge is 0.321 e. The molecule has 1 aliphatic rings. The van der Waals surface area contributed by atoms with Crippen molar-refractivity contribution in [2.45, 2.75) is 38.3 Å². The topological polar surface area (TPSA) is 82.7 Å². The van der Waals surface area contributed by atoms with E-state index in [1.165, 1.54) is 0 Å². The van der Waals surface area contributed by atoms with Gasteiger partial charge in [-0.1, -0.05) is 18.2 Å². The second kappa shape index (κ2) is 9.52. The first-order valence-electron chi connectivity index (χ1n) is 10.2. The van der Waals surface area contributed by atoms with Crippen LogP contribution in [0.5, 0.6) is 5.75 Å². The van der Waals surface area contributed by atoms with Gasteiger partial charge >= 0.3 is 6.03 Å². The maximum atomic E-state index is 12.8. The van der Waals surface area contributed by atoms with Crippen molar-refractivity contribution >= 4 is 23.3 Å². The molecule has 160 valence electrons. The van der Waals surface area contributed by atoms with E-state index in [0.717, 1.165) is 30.0 Å². The van der Waals surface area contributed by atoms with Crippen LogP contribution < -0.4 is 20.7 Å². The Hall–Kier alpha value is -3.22. The van der Waals surface area contributed by atoms with Crippen molar-refractivity contribution in [3.8, 4) is 5.75 Å². The molecule has 0 unspecified atom stereocenters. The van der Waals surface area contributed by atoms with Crippen LogP contribution in [0.2, 0.25) is 0 Å². The van der Waals surface area contributed by atoms with Gasteiger partial charge in [-0.25, -0.2) is 4.79 Å². The van der Waals surface area contributed by atoms with Crippen molar-refractivity contribution in [2.24, 2.45) is 0 Å². The standard InChI is InChI=1S/C23H30N4O3/c1-23(2,26-19-9-11-20(30-3)12-10-19)21(28)24-18-13-15-27(16-14-18)22(29)25-17-7-5-4-6-8-17/h4-12,18,26H,13-16H2,1-3H3,(H,24,28)(H,25,29). The zero-order chi connectivity index (χ0) is 21.6. The van der Waals surface area contributed by atoms with Crippen LogP contribution in [-0.4, -0.2) is 48.6 Å². The highest BCUT2D eigenvalue weighted by Gasteiger charge is 2.31. The first-order valence-corrected chi connectivity index (χ1v) is 10.2. The van der Waals surface area contributed by atoms with E-state index in [2.05, 4.69) is 16.0 Å².